The molecule has 0 spiro atoms. The van der Waals surface area contributed by atoms with Crippen LogP contribution in [0.5, 0.6) is 11.5 Å². The molecule has 0 radical (unpaired) electrons. The number of fused-ring (bicyclic) bond motifs is 3. The summed E-state index contributed by atoms with van der Waals surface area (Å²) in [6.07, 6.45) is 7.94. The van der Waals surface area contributed by atoms with Crippen LogP contribution in [0.2, 0.25) is 0 Å². The minimum atomic E-state index is -0.362. The molecule has 6 aromatic carbocycles. The maximum absolute atomic E-state index is 12.3. The monoisotopic (exact) mass is 800 g/mol. The van der Waals surface area contributed by atoms with E-state index in [1.165, 1.54) is 71.2 Å². The summed E-state index contributed by atoms with van der Waals surface area (Å²) in [7, 11) is 0.505. The van der Waals surface area contributed by atoms with E-state index in [0.29, 0.717) is 22.0 Å². The van der Waals surface area contributed by atoms with Crippen LogP contribution in [0.25, 0.3) is 43.8 Å². The Hall–Kier alpha value is -3.15. The second-order valence-corrected chi connectivity index (χ2v) is 29.3. The van der Waals surface area contributed by atoms with E-state index in [1.54, 1.807) is 0 Å². The van der Waals surface area contributed by atoms with Crippen molar-refractivity contribution in [3.63, 3.8) is 0 Å². The Morgan fingerprint density at radius 1 is 0.509 bits per heavy atom. The van der Waals surface area contributed by atoms with Crippen molar-refractivity contribution >= 4 is 37.5 Å². The van der Waals surface area contributed by atoms with Gasteiger partial charge in [0.1, 0.15) is 0 Å². The SMILES string of the molecule is CC(C)(C)c1cc(C[S]2=[Ti]=[S](Cc3cc(C(C)(C)C)cc(-c4cccc5ccccc45)c3O)[C@H]3CCCCCC[C@@H]32)c(O)c(-c2cccc3ccccc23)c1. The summed E-state index contributed by atoms with van der Waals surface area (Å²) >= 11 is -0.362. The first-order valence-electron chi connectivity index (χ1n) is 20.2. The van der Waals surface area contributed by atoms with Gasteiger partial charge in [-0.3, -0.25) is 0 Å². The predicted octanol–water partition coefficient (Wildman–Crippen LogP) is 14.6. The first-order chi connectivity index (χ1) is 26.4. The number of phenols is 2. The van der Waals surface area contributed by atoms with Gasteiger partial charge in [0, 0.05) is 0 Å². The van der Waals surface area contributed by atoms with Gasteiger partial charge in [0.2, 0.25) is 0 Å². The molecule has 1 aliphatic heterocycles. The fourth-order valence-electron chi connectivity index (χ4n) is 8.74. The van der Waals surface area contributed by atoms with Crippen molar-refractivity contribution in [3.8, 4) is 33.8 Å². The van der Waals surface area contributed by atoms with E-state index in [9.17, 15) is 10.2 Å². The molecule has 0 saturated heterocycles. The molecule has 284 valence electrons. The average Bonchev–Trinajstić information content (AvgIpc) is 3.45. The third-order valence-electron chi connectivity index (χ3n) is 12.0. The number of benzene rings is 6. The molecule has 0 bridgehead atoms. The Morgan fingerprint density at radius 3 is 1.33 bits per heavy atom. The summed E-state index contributed by atoms with van der Waals surface area (Å²) in [4.78, 5) is 0. The third kappa shape index (κ3) is 7.91. The molecule has 0 amide bonds. The molecule has 1 aliphatic carbocycles. The summed E-state index contributed by atoms with van der Waals surface area (Å²) < 4.78 is 0. The fourth-order valence-corrected chi connectivity index (χ4v) is 29.6. The van der Waals surface area contributed by atoms with Gasteiger partial charge in [0.05, 0.1) is 0 Å². The van der Waals surface area contributed by atoms with Crippen LogP contribution in [0.1, 0.15) is 102 Å². The topological polar surface area (TPSA) is 40.5 Å². The second-order valence-electron chi connectivity index (χ2n) is 17.9. The van der Waals surface area contributed by atoms with Crippen LogP contribution in [0.4, 0.5) is 0 Å². The van der Waals surface area contributed by atoms with Crippen molar-refractivity contribution in [3.05, 3.63) is 131 Å². The second kappa shape index (κ2) is 15.7. The fraction of sp³-hybridized carbons (Fsp3) is 0.360. The van der Waals surface area contributed by atoms with Crippen molar-refractivity contribution in [1.82, 2.24) is 0 Å². The molecule has 4 atom stereocenters. The molecular formula is C50H56O2S2Ti. The van der Waals surface area contributed by atoms with Gasteiger partial charge in [0.25, 0.3) is 0 Å². The Balaban J connectivity index is 1.26. The molecule has 1 fully saturated rings. The Labute approximate surface area is 339 Å². The predicted molar refractivity (Wildman–Crippen MR) is 237 cm³/mol. The summed E-state index contributed by atoms with van der Waals surface area (Å²) in [5.74, 6) is 2.92. The molecule has 2 aliphatic rings. The number of hydrogen-bond donors (Lipinski definition) is 2. The van der Waals surface area contributed by atoms with Crippen LogP contribution < -0.4 is 0 Å². The zero-order valence-corrected chi connectivity index (χ0v) is 36.6. The summed E-state index contributed by atoms with van der Waals surface area (Å²) in [5, 5.41) is 30.8. The molecule has 2 nitrogen and oxygen atoms in total. The van der Waals surface area contributed by atoms with Crippen LogP contribution in [-0.2, 0) is 37.8 Å². The summed E-state index contributed by atoms with van der Waals surface area (Å²) in [5.41, 5.74) is 8.98. The number of phenolic OH excluding ortho intramolecular Hbond substituents is 2. The van der Waals surface area contributed by atoms with Gasteiger partial charge in [-0.05, 0) is 0 Å². The maximum atomic E-state index is 12.3. The normalized spacial score (nSPS) is 20.4. The van der Waals surface area contributed by atoms with Gasteiger partial charge in [-0.1, -0.05) is 0 Å². The third-order valence-corrected chi connectivity index (χ3v) is 27.9. The molecule has 1 saturated carbocycles. The van der Waals surface area contributed by atoms with Gasteiger partial charge < -0.3 is 0 Å². The molecule has 0 aromatic heterocycles. The van der Waals surface area contributed by atoms with Crippen LogP contribution in [0.3, 0.4) is 0 Å². The molecule has 5 heteroatoms. The van der Waals surface area contributed by atoms with Crippen molar-refractivity contribution in [2.45, 2.75) is 113 Å². The van der Waals surface area contributed by atoms with E-state index >= 15 is 0 Å². The Kier molecular flexibility index (Phi) is 11.0. The number of aromatic hydroxyl groups is 2. The van der Waals surface area contributed by atoms with Crippen LogP contribution >= 0.6 is 15.9 Å². The first kappa shape index (κ1) is 38.7. The summed E-state index contributed by atoms with van der Waals surface area (Å²) in [6.45, 7) is 13.8. The Morgan fingerprint density at radius 2 is 0.909 bits per heavy atom. The van der Waals surface area contributed by atoms with Gasteiger partial charge in [-0.25, -0.2) is 0 Å². The molecule has 2 N–H and O–H groups in total. The standard InChI is InChI=1S/C50H56O2S2.Ti/c1-49(2,3)37-27-35(47(51)43(29-37)41-23-15-19-33-17-11-13-21-39(33)41)31-53-45-25-9-7-8-10-26-46(45)54-32-36-28-38(50(4,5)6)30-44(48(36)52)42-24-16-20-34-18-12-14-22-40(34)42;/h11-24,27-30,45-46,51-52H,7-10,25-26,31-32H2,1-6H3;/t45-,46-;/m0./s1. The first-order valence-corrected chi connectivity index (χ1v) is 27.0. The molecule has 2 unspecified atom stereocenters. The van der Waals surface area contributed by atoms with Crippen LogP contribution in [-0.4, -0.2) is 20.7 Å². The average molecular weight is 801 g/mol. The van der Waals surface area contributed by atoms with Gasteiger partial charge in [0.15, 0.2) is 0 Å². The zero-order valence-electron chi connectivity index (χ0n) is 33.4. The number of rotatable bonds is 6. The Bertz CT molecular complexity index is 2310. The van der Waals surface area contributed by atoms with Crippen molar-refractivity contribution in [1.29, 1.82) is 0 Å². The van der Waals surface area contributed by atoms with Gasteiger partial charge in [-0.15, -0.1) is 0 Å². The molecule has 1 heterocycles. The van der Waals surface area contributed by atoms with Crippen molar-refractivity contribution < 1.29 is 25.7 Å². The van der Waals surface area contributed by atoms with Crippen molar-refractivity contribution in [2.24, 2.45) is 0 Å². The van der Waals surface area contributed by atoms with E-state index in [1.807, 2.05) is 0 Å². The quantitative estimate of drug-likeness (QED) is 0.165. The van der Waals surface area contributed by atoms with Crippen LogP contribution in [0.15, 0.2) is 109 Å². The van der Waals surface area contributed by atoms with Gasteiger partial charge in [-0.2, -0.15) is 0 Å². The minimum absolute atomic E-state index is 0.0404. The molecular weight excluding hydrogens is 745 g/mol. The molecule has 6 aromatic rings. The van der Waals surface area contributed by atoms with E-state index in [0.717, 1.165) is 44.9 Å². The molecule has 55 heavy (non-hydrogen) atoms. The zero-order chi connectivity index (χ0) is 38.5. The van der Waals surface area contributed by atoms with E-state index in [4.69, 9.17) is 0 Å². The molecule has 8 rings (SSSR count). The summed E-state index contributed by atoms with van der Waals surface area (Å²) in [6, 6.07) is 39.4. The van der Waals surface area contributed by atoms with E-state index in [-0.39, 0.29) is 42.2 Å². The van der Waals surface area contributed by atoms with Gasteiger partial charge >= 0.3 is 341 Å². The van der Waals surface area contributed by atoms with E-state index < -0.39 is 0 Å². The van der Waals surface area contributed by atoms with E-state index in [2.05, 4.69) is 151 Å². The van der Waals surface area contributed by atoms with Crippen molar-refractivity contribution in [2.75, 3.05) is 0 Å². The number of hydrogen-bond acceptors (Lipinski definition) is 2. The van der Waals surface area contributed by atoms with Crippen LogP contribution in [0, 0.1) is 0 Å².